The van der Waals surface area contributed by atoms with E-state index in [2.05, 4.69) is 4.98 Å². The Morgan fingerprint density at radius 1 is 1.33 bits per heavy atom. The van der Waals surface area contributed by atoms with Gasteiger partial charge in [0.1, 0.15) is 5.75 Å². The number of aromatic nitrogens is 1. The second-order valence-electron chi connectivity index (χ2n) is 3.12. The van der Waals surface area contributed by atoms with Crippen LogP contribution in [0.2, 0.25) is 0 Å². The molecule has 1 heterocycles. The molecule has 2 aromatic rings. The number of carbonyl (C=O) groups excluding carboxylic acids is 1. The molecule has 4 heteroatoms. The molecule has 1 N–H and O–H groups in total. The maximum Gasteiger partial charge on any atom is 0.190 e. The van der Waals surface area contributed by atoms with Crippen molar-refractivity contribution in [1.29, 1.82) is 0 Å². The topological polar surface area (TPSA) is 59.2 Å². The molecular weight excluding hydrogens is 194 g/mol. The van der Waals surface area contributed by atoms with Crippen LogP contribution in [0.15, 0.2) is 29.1 Å². The van der Waals surface area contributed by atoms with Gasteiger partial charge in [-0.3, -0.25) is 9.59 Å². The second kappa shape index (κ2) is 3.57. The zero-order valence-electron chi connectivity index (χ0n) is 8.11. The van der Waals surface area contributed by atoms with Crippen LogP contribution in [0.3, 0.4) is 0 Å². The molecule has 0 aliphatic heterocycles. The molecule has 0 unspecified atom stereocenters. The summed E-state index contributed by atoms with van der Waals surface area (Å²) in [4.78, 5) is 25.0. The predicted octanol–water partition coefficient (Wildman–Crippen LogP) is 1.35. The third-order valence-corrected chi connectivity index (χ3v) is 2.18. The molecule has 0 radical (unpaired) electrons. The summed E-state index contributed by atoms with van der Waals surface area (Å²) in [5.41, 5.74) is 0.716. The minimum absolute atomic E-state index is 0.190. The van der Waals surface area contributed by atoms with Crippen LogP contribution in [0.4, 0.5) is 0 Å². The average Bonchev–Trinajstić information content (AvgIpc) is 2.28. The van der Waals surface area contributed by atoms with Gasteiger partial charge in [0.25, 0.3) is 0 Å². The monoisotopic (exact) mass is 203 g/mol. The Kier molecular flexibility index (Phi) is 2.25. The van der Waals surface area contributed by atoms with Gasteiger partial charge in [0.2, 0.25) is 0 Å². The van der Waals surface area contributed by atoms with Gasteiger partial charge < -0.3 is 9.72 Å². The van der Waals surface area contributed by atoms with Crippen molar-refractivity contribution in [3.63, 3.8) is 0 Å². The molecule has 0 aliphatic rings. The summed E-state index contributed by atoms with van der Waals surface area (Å²) in [7, 11) is 1.54. The van der Waals surface area contributed by atoms with E-state index < -0.39 is 0 Å². The Hall–Kier alpha value is -2.10. The van der Waals surface area contributed by atoms with Crippen molar-refractivity contribution >= 4 is 17.2 Å². The van der Waals surface area contributed by atoms with Gasteiger partial charge in [-0.2, -0.15) is 0 Å². The third-order valence-electron chi connectivity index (χ3n) is 2.18. The fraction of sp³-hybridized carbons (Fsp3) is 0.0909. The van der Waals surface area contributed by atoms with Crippen LogP contribution < -0.4 is 10.2 Å². The second-order valence-corrected chi connectivity index (χ2v) is 3.12. The minimum atomic E-state index is -0.190. The van der Waals surface area contributed by atoms with Crippen molar-refractivity contribution in [1.82, 2.24) is 4.98 Å². The van der Waals surface area contributed by atoms with E-state index in [0.717, 1.165) is 0 Å². The molecule has 0 aliphatic carbocycles. The largest absolute Gasteiger partial charge is 0.497 e. The van der Waals surface area contributed by atoms with E-state index in [1.165, 1.54) is 13.2 Å². The van der Waals surface area contributed by atoms with Crippen molar-refractivity contribution in [2.45, 2.75) is 0 Å². The lowest BCUT2D eigenvalue weighted by molar-refractivity contribution is 0.111. The molecule has 0 bridgehead atoms. The van der Waals surface area contributed by atoms with Gasteiger partial charge in [0.15, 0.2) is 11.7 Å². The van der Waals surface area contributed by atoms with E-state index in [1.54, 1.807) is 18.2 Å². The highest BCUT2D eigenvalue weighted by molar-refractivity contribution is 5.84. The highest BCUT2D eigenvalue weighted by Gasteiger charge is 2.02. The van der Waals surface area contributed by atoms with Crippen LogP contribution in [0.25, 0.3) is 10.9 Å². The Morgan fingerprint density at radius 3 is 2.80 bits per heavy atom. The highest BCUT2D eigenvalue weighted by atomic mass is 16.5. The summed E-state index contributed by atoms with van der Waals surface area (Å²) < 4.78 is 5.01. The van der Waals surface area contributed by atoms with Crippen molar-refractivity contribution in [3.8, 4) is 5.75 Å². The van der Waals surface area contributed by atoms with Crippen molar-refractivity contribution in [2.75, 3.05) is 7.11 Å². The molecule has 0 fully saturated rings. The molecule has 0 spiro atoms. The highest BCUT2D eigenvalue weighted by Crippen LogP contribution is 2.16. The fourth-order valence-electron chi connectivity index (χ4n) is 1.44. The molecule has 4 nitrogen and oxygen atoms in total. The Balaban J connectivity index is 2.79. The van der Waals surface area contributed by atoms with Crippen molar-refractivity contribution < 1.29 is 9.53 Å². The average molecular weight is 203 g/mol. The van der Waals surface area contributed by atoms with Crippen LogP contribution in [-0.4, -0.2) is 18.4 Å². The zero-order chi connectivity index (χ0) is 10.8. The summed E-state index contributed by atoms with van der Waals surface area (Å²) in [6.07, 6.45) is 0.616. The summed E-state index contributed by atoms with van der Waals surface area (Å²) in [5.74, 6) is 0.617. The predicted molar refractivity (Wildman–Crippen MR) is 56.5 cm³/mol. The lowest BCUT2D eigenvalue weighted by Crippen LogP contribution is -2.04. The number of aromatic amines is 1. The van der Waals surface area contributed by atoms with Crippen LogP contribution in [0.5, 0.6) is 5.75 Å². The lowest BCUT2D eigenvalue weighted by atomic mass is 10.2. The van der Waals surface area contributed by atoms with E-state index in [4.69, 9.17) is 4.74 Å². The first-order valence-corrected chi connectivity index (χ1v) is 4.41. The van der Waals surface area contributed by atoms with Gasteiger partial charge in [-0.1, -0.05) is 0 Å². The molecule has 15 heavy (non-hydrogen) atoms. The maximum absolute atomic E-state index is 11.6. The molecule has 0 amide bonds. The molecule has 0 atom stereocenters. The van der Waals surface area contributed by atoms with Crippen LogP contribution in [0, 0.1) is 0 Å². The number of benzene rings is 1. The third kappa shape index (κ3) is 1.61. The van der Waals surface area contributed by atoms with Gasteiger partial charge >= 0.3 is 0 Å². The summed E-state index contributed by atoms with van der Waals surface area (Å²) in [5, 5.41) is 0.514. The van der Waals surface area contributed by atoms with Gasteiger partial charge in [0.05, 0.1) is 18.3 Å². The summed E-state index contributed by atoms with van der Waals surface area (Å²) >= 11 is 0. The molecule has 1 aromatic heterocycles. The number of ether oxygens (including phenoxy) is 1. The van der Waals surface area contributed by atoms with Gasteiger partial charge in [0, 0.05) is 11.5 Å². The van der Waals surface area contributed by atoms with Crippen LogP contribution in [0.1, 0.15) is 10.5 Å². The Morgan fingerprint density at radius 2 is 2.13 bits per heavy atom. The van der Waals surface area contributed by atoms with Gasteiger partial charge in [-0.05, 0) is 18.2 Å². The summed E-state index contributed by atoms with van der Waals surface area (Å²) in [6.45, 7) is 0. The van der Waals surface area contributed by atoms with Crippen molar-refractivity contribution in [3.05, 3.63) is 40.2 Å². The smallest absolute Gasteiger partial charge is 0.190 e. The van der Waals surface area contributed by atoms with E-state index in [9.17, 15) is 9.59 Å². The van der Waals surface area contributed by atoms with Crippen LogP contribution in [-0.2, 0) is 0 Å². The molecule has 76 valence electrons. The molecular formula is C11H9NO3. The van der Waals surface area contributed by atoms with Gasteiger partial charge in [-0.15, -0.1) is 0 Å². The van der Waals surface area contributed by atoms with Gasteiger partial charge in [-0.25, -0.2) is 0 Å². The quantitative estimate of drug-likeness (QED) is 0.749. The molecule has 2 rings (SSSR count). The maximum atomic E-state index is 11.6. The van der Waals surface area contributed by atoms with E-state index >= 15 is 0 Å². The fourth-order valence-corrected chi connectivity index (χ4v) is 1.44. The van der Waals surface area contributed by atoms with E-state index in [-0.39, 0.29) is 11.1 Å². The first-order chi connectivity index (χ1) is 7.24. The van der Waals surface area contributed by atoms with E-state index in [0.29, 0.717) is 22.9 Å². The number of nitrogens with one attached hydrogen (secondary N) is 1. The number of hydrogen-bond acceptors (Lipinski definition) is 3. The zero-order valence-corrected chi connectivity index (χ0v) is 8.11. The first kappa shape index (κ1) is 9.45. The normalized spacial score (nSPS) is 10.2. The SMILES string of the molecule is COc1ccc2[nH]c(C=O)cc(=O)c2c1. The number of hydrogen-bond donors (Lipinski definition) is 1. The van der Waals surface area contributed by atoms with Crippen LogP contribution >= 0.6 is 0 Å². The first-order valence-electron chi connectivity index (χ1n) is 4.41. The number of aldehydes is 1. The number of fused-ring (bicyclic) bond motifs is 1. The Labute approximate surface area is 85.5 Å². The number of rotatable bonds is 2. The molecule has 1 aromatic carbocycles. The molecule has 0 saturated heterocycles. The standard InChI is InChI=1S/C11H9NO3/c1-15-8-2-3-10-9(5-8)11(14)4-7(6-13)12-10/h2-6H,1H3,(H,12,14). The minimum Gasteiger partial charge on any atom is -0.497 e. The summed E-state index contributed by atoms with van der Waals surface area (Å²) in [6, 6.07) is 6.35. The van der Waals surface area contributed by atoms with Crippen molar-refractivity contribution in [2.24, 2.45) is 0 Å². The van der Waals surface area contributed by atoms with E-state index in [1.807, 2.05) is 0 Å². The lowest BCUT2D eigenvalue weighted by Gasteiger charge is -2.02. The molecule has 0 saturated carbocycles. The Bertz CT molecular complexity index is 572. The number of methoxy groups -OCH3 is 1. The number of H-pyrrole nitrogens is 1. The number of pyridine rings is 1. The number of carbonyl (C=O) groups is 1.